The van der Waals surface area contributed by atoms with Gasteiger partial charge in [-0.25, -0.2) is 9.37 Å². The number of methoxy groups -OCH3 is 2. The number of aromatic nitrogens is 1. The molecule has 0 bridgehead atoms. The van der Waals surface area contributed by atoms with Gasteiger partial charge in [-0.3, -0.25) is 4.79 Å². The molecule has 27 heavy (non-hydrogen) atoms. The number of pyridine rings is 1. The summed E-state index contributed by atoms with van der Waals surface area (Å²) in [5.74, 6) is 0.551. The van der Waals surface area contributed by atoms with Crippen LogP contribution in [0.2, 0.25) is 0 Å². The molecule has 1 heterocycles. The summed E-state index contributed by atoms with van der Waals surface area (Å²) in [6.07, 6.45) is 0.808. The van der Waals surface area contributed by atoms with Gasteiger partial charge in [-0.1, -0.05) is 6.92 Å². The predicted molar refractivity (Wildman–Crippen MR) is 103 cm³/mol. The van der Waals surface area contributed by atoms with Gasteiger partial charge in [0, 0.05) is 23.6 Å². The second-order valence-electron chi connectivity index (χ2n) is 6.04. The molecule has 6 heteroatoms. The Labute approximate surface area is 157 Å². The lowest BCUT2D eigenvalue weighted by molar-refractivity contribution is 0.0955. The van der Waals surface area contributed by atoms with E-state index in [4.69, 9.17) is 9.47 Å². The maximum Gasteiger partial charge on any atom is 0.252 e. The third-order valence-corrected chi connectivity index (χ3v) is 4.24. The van der Waals surface area contributed by atoms with Crippen molar-refractivity contribution in [3.05, 3.63) is 53.8 Å². The summed E-state index contributed by atoms with van der Waals surface area (Å²) in [7, 11) is 3.14. The number of nitrogens with zero attached hydrogens (tertiary/aromatic N) is 1. The lowest BCUT2D eigenvalue weighted by Crippen LogP contribution is -2.24. The van der Waals surface area contributed by atoms with Crippen LogP contribution < -0.4 is 14.8 Å². The average Bonchev–Trinajstić information content (AvgIpc) is 2.70. The van der Waals surface area contributed by atoms with Crippen molar-refractivity contribution >= 4 is 16.8 Å². The van der Waals surface area contributed by atoms with Crippen LogP contribution in [0, 0.1) is 5.82 Å². The van der Waals surface area contributed by atoms with Crippen molar-refractivity contribution in [2.75, 3.05) is 20.8 Å². The van der Waals surface area contributed by atoms with Gasteiger partial charge in [0.05, 0.1) is 31.0 Å². The number of fused-ring (bicyclic) bond motifs is 1. The first-order chi connectivity index (χ1) is 13.1. The summed E-state index contributed by atoms with van der Waals surface area (Å²) >= 11 is 0. The van der Waals surface area contributed by atoms with Crippen molar-refractivity contribution in [2.45, 2.75) is 13.3 Å². The van der Waals surface area contributed by atoms with Gasteiger partial charge in [-0.05, 0) is 42.8 Å². The number of amides is 1. The number of rotatable bonds is 6. The molecule has 2 aromatic carbocycles. The Morgan fingerprint density at radius 2 is 1.93 bits per heavy atom. The Hall–Kier alpha value is -3.15. The highest BCUT2D eigenvalue weighted by Crippen LogP contribution is 2.34. The average molecular weight is 368 g/mol. The van der Waals surface area contributed by atoms with E-state index in [0.29, 0.717) is 45.8 Å². The van der Waals surface area contributed by atoms with E-state index in [9.17, 15) is 9.18 Å². The SMILES string of the molecule is CCCNC(=O)c1cc(-c2ccc(OC)cc2OC)nc2ccc(F)cc12. The molecular weight excluding hydrogens is 347 g/mol. The molecule has 1 N–H and O–H groups in total. The van der Waals surface area contributed by atoms with E-state index < -0.39 is 5.82 Å². The minimum absolute atomic E-state index is 0.261. The van der Waals surface area contributed by atoms with Gasteiger partial charge in [0.1, 0.15) is 17.3 Å². The van der Waals surface area contributed by atoms with Crippen LogP contribution >= 0.6 is 0 Å². The van der Waals surface area contributed by atoms with Gasteiger partial charge in [-0.15, -0.1) is 0 Å². The third kappa shape index (κ3) is 3.84. The topological polar surface area (TPSA) is 60.5 Å². The van der Waals surface area contributed by atoms with E-state index in [-0.39, 0.29) is 5.91 Å². The van der Waals surface area contributed by atoms with Crippen molar-refractivity contribution < 1.29 is 18.7 Å². The zero-order chi connectivity index (χ0) is 19.4. The summed E-state index contributed by atoms with van der Waals surface area (Å²) in [4.78, 5) is 17.3. The van der Waals surface area contributed by atoms with Gasteiger partial charge in [-0.2, -0.15) is 0 Å². The van der Waals surface area contributed by atoms with Crippen molar-refractivity contribution in [2.24, 2.45) is 0 Å². The molecule has 1 aromatic heterocycles. The van der Waals surface area contributed by atoms with Gasteiger partial charge >= 0.3 is 0 Å². The number of halogens is 1. The maximum atomic E-state index is 13.8. The zero-order valence-corrected chi connectivity index (χ0v) is 15.5. The lowest BCUT2D eigenvalue weighted by Gasteiger charge is -2.13. The summed E-state index contributed by atoms with van der Waals surface area (Å²) < 4.78 is 24.5. The highest BCUT2D eigenvalue weighted by molar-refractivity contribution is 6.07. The largest absolute Gasteiger partial charge is 0.497 e. The Bertz CT molecular complexity index is 989. The van der Waals surface area contributed by atoms with E-state index >= 15 is 0 Å². The fourth-order valence-corrected chi connectivity index (χ4v) is 2.87. The molecule has 0 atom stereocenters. The van der Waals surface area contributed by atoms with Gasteiger partial charge < -0.3 is 14.8 Å². The van der Waals surface area contributed by atoms with Gasteiger partial charge in [0.25, 0.3) is 5.91 Å². The lowest BCUT2D eigenvalue weighted by atomic mass is 10.0. The number of hydrogen-bond donors (Lipinski definition) is 1. The first-order valence-electron chi connectivity index (χ1n) is 8.68. The molecular formula is C21H21FN2O3. The number of benzene rings is 2. The van der Waals surface area contributed by atoms with Gasteiger partial charge in [0.15, 0.2) is 0 Å². The molecule has 0 unspecified atom stereocenters. The van der Waals surface area contributed by atoms with E-state index in [0.717, 1.165) is 6.42 Å². The second kappa shape index (κ2) is 8.03. The monoisotopic (exact) mass is 368 g/mol. The standard InChI is InChI=1S/C21H21FN2O3/c1-4-9-23-21(25)17-12-19(24-18-8-5-13(22)10-16(17)18)15-7-6-14(26-2)11-20(15)27-3/h5-8,10-12H,4,9H2,1-3H3,(H,23,25). The Kier molecular flexibility index (Phi) is 5.54. The van der Waals surface area contributed by atoms with E-state index in [2.05, 4.69) is 10.3 Å². The Morgan fingerprint density at radius 3 is 2.63 bits per heavy atom. The molecule has 0 aliphatic rings. The molecule has 3 aromatic rings. The summed E-state index contributed by atoms with van der Waals surface area (Å²) in [5.41, 5.74) is 2.19. The first kappa shape index (κ1) is 18.6. The maximum absolute atomic E-state index is 13.8. The summed E-state index contributed by atoms with van der Waals surface area (Å²) in [5, 5.41) is 3.32. The molecule has 0 fully saturated rings. The van der Waals surface area contributed by atoms with Crippen molar-refractivity contribution in [1.29, 1.82) is 0 Å². The molecule has 0 spiro atoms. The molecule has 0 radical (unpaired) electrons. The molecule has 0 saturated heterocycles. The molecule has 3 rings (SSSR count). The summed E-state index contributed by atoms with van der Waals surface area (Å²) in [6.45, 7) is 2.51. The second-order valence-corrected chi connectivity index (χ2v) is 6.04. The van der Waals surface area contributed by atoms with Crippen LogP contribution in [0.15, 0.2) is 42.5 Å². The predicted octanol–water partition coefficient (Wildman–Crippen LogP) is 4.20. The number of carbonyl (C=O) groups excluding carboxylic acids is 1. The molecule has 5 nitrogen and oxygen atoms in total. The van der Waals surface area contributed by atoms with E-state index in [1.165, 1.54) is 12.1 Å². The zero-order valence-electron chi connectivity index (χ0n) is 15.5. The Balaban J connectivity index is 2.20. The van der Waals surface area contributed by atoms with Crippen LogP contribution in [0.5, 0.6) is 11.5 Å². The number of ether oxygens (including phenoxy) is 2. The van der Waals surface area contributed by atoms with Crippen LogP contribution in [0.4, 0.5) is 4.39 Å². The minimum atomic E-state index is -0.413. The number of carbonyl (C=O) groups is 1. The van der Waals surface area contributed by atoms with Crippen molar-refractivity contribution in [1.82, 2.24) is 10.3 Å². The smallest absolute Gasteiger partial charge is 0.252 e. The van der Waals surface area contributed by atoms with Crippen LogP contribution in [0.1, 0.15) is 23.7 Å². The van der Waals surface area contributed by atoms with Crippen molar-refractivity contribution in [3.63, 3.8) is 0 Å². The highest BCUT2D eigenvalue weighted by atomic mass is 19.1. The highest BCUT2D eigenvalue weighted by Gasteiger charge is 2.17. The third-order valence-electron chi connectivity index (χ3n) is 4.24. The van der Waals surface area contributed by atoms with Crippen LogP contribution in [-0.2, 0) is 0 Å². The fraction of sp³-hybridized carbons (Fsp3) is 0.238. The summed E-state index contributed by atoms with van der Waals surface area (Å²) in [6, 6.07) is 11.3. The van der Waals surface area contributed by atoms with Crippen LogP contribution in [-0.4, -0.2) is 31.7 Å². The van der Waals surface area contributed by atoms with Crippen LogP contribution in [0.3, 0.4) is 0 Å². The van der Waals surface area contributed by atoms with Gasteiger partial charge in [0.2, 0.25) is 0 Å². The van der Waals surface area contributed by atoms with E-state index in [1.807, 2.05) is 13.0 Å². The number of nitrogens with one attached hydrogen (secondary N) is 1. The Morgan fingerprint density at radius 1 is 1.11 bits per heavy atom. The number of hydrogen-bond acceptors (Lipinski definition) is 4. The molecule has 0 aliphatic heterocycles. The fourth-order valence-electron chi connectivity index (χ4n) is 2.87. The molecule has 0 saturated carbocycles. The molecule has 1 amide bonds. The van der Waals surface area contributed by atoms with Crippen molar-refractivity contribution in [3.8, 4) is 22.8 Å². The van der Waals surface area contributed by atoms with E-state index in [1.54, 1.807) is 38.5 Å². The van der Waals surface area contributed by atoms with Crippen LogP contribution in [0.25, 0.3) is 22.2 Å². The molecule has 0 aliphatic carbocycles. The normalized spacial score (nSPS) is 10.7. The first-order valence-corrected chi connectivity index (χ1v) is 8.68. The molecule has 140 valence electrons. The minimum Gasteiger partial charge on any atom is -0.497 e. The quantitative estimate of drug-likeness (QED) is 0.708.